The van der Waals surface area contributed by atoms with Crippen LogP contribution in [0.4, 0.5) is 9.59 Å². The van der Waals surface area contributed by atoms with Crippen molar-refractivity contribution in [2.45, 2.75) is 134 Å². The molecule has 0 bridgehead atoms. The molecule has 1 aliphatic carbocycles. The van der Waals surface area contributed by atoms with Crippen molar-refractivity contribution in [1.29, 1.82) is 0 Å². The molecule has 27 nitrogen and oxygen atoms in total. The molecule has 0 radical (unpaired) electrons. The molecule has 11 amide bonds. The van der Waals surface area contributed by atoms with Crippen molar-refractivity contribution in [1.82, 2.24) is 61.7 Å². The Morgan fingerprint density at radius 2 is 1.23 bits per heavy atom. The summed E-state index contributed by atoms with van der Waals surface area (Å²) in [6.07, 6.45) is 1.33. The van der Waals surface area contributed by atoms with Crippen LogP contribution in [0, 0.1) is 5.92 Å². The third-order valence-electron chi connectivity index (χ3n) is 13.7. The van der Waals surface area contributed by atoms with Gasteiger partial charge in [0.25, 0.3) is 0 Å². The number of piperidine rings is 2. The lowest BCUT2D eigenvalue weighted by molar-refractivity contribution is -0.146. The topological polar surface area (TPSA) is 344 Å². The Hall–Kier alpha value is -7.58. The summed E-state index contributed by atoms with van der Waals surface area (Å²) >= 11 is 0. The van der Waals surface area contributed by atoms with E-state index in [1.54, 1.807) is 72.0 Å². The van der Waals surface area contributed by atoms with Crippen molar-refractivity contribution in [2.24, 2.45) is 5.92 Å². The van der Waals surface area contributed by atoms with Crippen LogP contribution in [-0.4, -0.2) is 223 Å². The highest BCUT2D eigenvalue weighted by molar-refractivity contribution is 5.97. The van der Waals surface area contributed by atoms with Gasteiger partial charge in [-0.15, -0.1) is 0 Å². The zero-order valence-corrected chi connectivity index (χ0v) is 46.8. The standard InChI is InChI=1S/C52H80N12O15/c1-32(2)42(45(72)54-25-34(59-50(77)79-51(3,4)5)46(73)64-24-16-14-20-37(64)44(71)56-29-41(68)69)61(8)40(67)30-60(7)38(65)28-55-43(70)36-19-13-15-23-63(36)47(74)35(58-49(76)78-31-33-17-11-10-12-18-33)26-57-48(75)52(21-22-52)62(9)39(66)27-53-6/h10-12,17-18,32,34-37,42,53H,13-16,19-31H2,1-9H3,(H,54,72)(H,55,70)(H,56,71)(H,57,75)(H,58,76)(H,59,77)(H,68,69)/t34-,35-,36+,37+,42+/m1/s1. The highest BCUT2D eigenvalue weighted by Gasteiger charge is 2.55. The molecule has 27 heteroatoms. The van der Waals surface area contributed by atoms with Gasteiger partial charge in [-0.3, -0.25) is 47.9 Å². The van der Waals surface area contributed by atoms with Gasteiger partial charge in [0.2, 0.25) is 53.2 Å². The highest BCUT2D eigenvalue weighted by Crippen LogP contribution is 2.41. The molecular formula is C52H80N12O15. The molecule has 2 aliphatic heterocycles. The van der Waals surface area contributed by atoms with Gasteiger partial charge in [-0.2, -0.15) is 0 Å². The summed E-state index contributed by atoms with van der Waals surface area (Å²) in [7, 11) is 5.78. The maximum atomic E-state index is 14.4. The molecule has 0 aromatic heterocycles. The number of carbonyl (C=O) groups excluding carboxylic acids is 11. The number of likely N-dealkylation sites (tertiary alicyclic amines) is 2. The van der Waals surface area contributed by atoms with E-state index >= 15 is 0 Å². The van der Waals surface area contributed by atoms with E-state index < -0.39 is 145 Å². The molecule has 3 aliphatic rings. The first-order valence-corrected chi connectivity index (χ1v) is 26.5. The molecule has 0 unspecified atom stereocenters. The predicted molar refractivity (Wildman–Crippen MR) is 283 cm³/mol. The number of likely N-dealkylation sites (N-methyl/N-ethyl adjacent to an activating group) is 4. The monoisotopic (exact) mass is 1110 g/mol. The van der Waals surface area contributed by atoms with Gasteiger partial charge in [0.05, 0.1) is 19.6 Å². The average Bonchev–Trinajstić information content (AvgIpc) is 4.31. The van der Waals surface area contributed by atoms with Crippen LogP contribution in [0.3, 0.4) is 0 Å². The number of rotatable bonds is 25. The normalized spacial score (nSPS) is 17.7. The molecule has 5 atom stereocenters. The Kier molecular flexibility index (Phi) is 23.8. The molecular weight excluding hydrogens is 1030 g/mol. The maximum Gasteiger partial charge on any atom is 0.408 e. The summed E-state index contributed by atoms with van der Waals surface area (Å²) in [5, 5.41) is 27.1. The minimum absolute atomic E-state index is 0.00239. The van der Waals surface area contributed by atoms with Crippen LogP contribution in [0.15, 0.2) is 30.3 Å². The van der Waals surface area contributed by atoms with Gasteiger partial charge in [0.1, 0.15) is 54.5 Å². The van der Waals surface area contributed by atoms with E-state index in [0.717, 1.165) is 9.80 Å². The Balaban J connectivity index is 1.40. The number of hydrogen-bond donors (Lipinski definition) is 8. The molecule has 8 N–H and O–H groups in total. The number of aliphatic carboxylic acids is 1. The summed E-state index contributed by atoms with van der Waals surface area (Å²) in [6, 6.07) is 2.59. The quantitative estimate of drug-likeness (QED) is 0.0561. The van der Waals surface area contributed by atoms with E-state index in [-0.39, 0.29) is 45.0 Å². The fourth-order valence-electron chi connectivity index (χ4n) is 9.28. The molecule has 2 saturated heterocycles. The second-order valence-corrected chi connectivity index (χ2v) is 21.3. The van der Waals surface area contributed by atoms with Crippen LogP contribution in [0.2, 0.25) is 0 Å². The SMILES string of the molecule is CNCC(=O)N(C)C1(C(=O)NC[C@@H](NC(=O)OCc2ccccc2)C(=O)N2CCCC[C@H]2C(=O)NCC(=O)N(C)CC(=O)N(C)[C@H](C(=O)NC[C@@H](NC(=O)OC(C)(C)C)C(=O)N2CCCC[C@H]2C(=O)NCC(=O)O)C(C)C)CC1. The molecule has 0 spiro atoms. The van der Waals surface area contributed by atoms with Gasteiger partial charge in [-0.25, -0.2) is 9.59 Å². The first-order valence-electron chi connectivity index (χ1n) is 26.5. The predicted octanol–water partition coefficient (Wildman–Crippen LogP) is -1.36. The van der Waals surface area contributed by atoms with E-state index in [1.807, 2.05) is 0 Å². The second-order valence-electron chi connectivity index (χ2n) is 21.3. The molecule has 438 valence electrons. The molecule has 2 heterocycles. The third-order valence-corrected chi connectivity index (χ3v) is 13.7. The van der Waals surface area contributed by atoms with Crippen molar-refractivity contribution >= 4 is 71.3 Å². The van der Waals surface area contributed by atoms with Crippen molar-refractivity contribution in [2.75, 3.05) is 80.5 Å². The smallest absolute Gasteiger partial charge is 0.408 e. The lowest BCUT2D eigenvalue weighted by Gasteiger charge is -2.37. The minimum atomic E-state index is -1.47. The van der Waals surface area contributed by atoms with Gasteiger partial charge < -0.3 is 76.3 Å². The molecule has 1 saturated carbocycles. The number of ether oxygens (including phenoxy) is 2. The molecule has 1 aromatic carbocycles. The van der Waals surface area contributed by atoms with Crippen LogP contribution in [0.1, 0.15) is 91.5 Å². The van der Waals surface area contributed by atoms with Gasteiger partial charge in [-0.05, 0) is 90.7 Å². The summed E-state index contributed by atoms with van der Waals surface area (Å²) in [6.45, 7) is 5.50. The first-order chi connectivity index (χ1) is 37.2. The minimum Gasteiger partial charge on any atom is -0.480 e. The first kappa shape index (κ1) is 63.9. The lowest BCUT2D eigenvalue weighted by atomic mass is 9.99. The number of benzene rings is 1. The van der Waals surface area contributed by atoms with Crippen LogP contribution in [0.5, 0.6) is 0 Å². The number of nitrogens with one attached hydrogen (secondary N) is 7. The number of carboxylic acid groups (broad SMARTS) is 1. The Morgan fingerprint density at radius 1 is 0.696 bits per heavy atom. The third kappa shape index (κ3) is 18.8. The molecule has 79 heavy (non-hydrogen) atoms. The molecule has 4 rings (SSSR count). The van der Waals surface area contributed by atoms with E-state index in [4.69, 9.17) is 14.6 Å². The van der Waals surface area contributed by atoms with Gasteiger partial charge in [0, 0.05) is 47.3 Å². The van der Waals surface area contributed by atoms with E-state index in [1.165, 1.54) is 35.8 Å². The second kappa shape index (κ2) is 29.4. The molecule has 1 aromatic rings. The Labute approximate surface area is 460 Å². The van der Waals surface area contributed by atoms with Crippen LogP contribution in [-0.2, 0) is 64.0 Å². The zero-order chi connectivity index (χ0) is 58.8. The largest absolute Gasteiger partial charge is 0.480 e. The summed E-state index contributed by atoms with van der Waals surface area (Å²) < 4.78 is 10.8. The van der Waals surface area contributed by atoms with Gasteiger partial charge in [-0.1, -0.05) is 44.2 Å². The lowest BCUT2D eigenvalue weighted by Crippen LogP contribution is -2.61. The summed E-state index contributed by atoms with van der Waals surface area (Å²) in [4.78, 5) is 166. The highest BCUT2D eigenvalue weighted by atomic mass is 16.6. The van der Waals surface area contributed by atoms with Gasteiger partial charge >= 0.3 is 18.2 Å². The molecule has 3 fully saturated rings. The van der Waals surface area contributed by atoms with Crippen LogP contribution >= 0.6 is 0 Å². The van der Waals surface area contributed by atoms with E-state index in [0.29, 0.717) is 44.1 Å². The number of hydrogen-bond acceptors (Lipinski definition) is 15. The van der Waals surface area contributed by atoms with Gasteiger partial charge in [0.15, 0.2) is 0 Å². The average molecular weight is 1110 g/mol. The summed E-state index contributed by atoms with van der Waals surface area (Å²) in [5.41, 5.74) is -1.44. The van der Waals surface area contributed by atoms with Crippen LogP contribution < -0.4 is 37.2 Å². The number of carboxylic acids is 1. The Bertz CT molecular complexity index is 2380. The van der Waals surface area contributed by atoms with E-state index in [2.05, 4.69) is 37.2 Å². The zero-order valence-electron chi connectivity index (χ0n) is 46.8. The fourth-order valence-corrected chi connectivity index (χ4v) is 9.28. The van der Waals surface area contributed by atoms with Crippen molar-refractivity contribution in [3.05, 3.63) is 35.9 Å². The van der Waals surface area contributed by atoms with Crippen molar-refractivity contribution in [3.8, 4) is 0 Å². The van der Waals surface area contributed by atoms with E-state index in [9.17, 15) is 57.5 Å². The maximum absolute atomic E-state index is 14.4. The Morgan fingerprint density at radius 3 is 1.73 bits per heavy atom. The number of carbonyl (C=O) groups is 12. The number of alkyl carbamates (subject to hydrolysis) is 2. The summed E-state index contributed by atoms with van der Waals surface area (Å²) in [5.74, 6) is -7.61. The number of amides is 11. The number of nitrogens with zero attached hydrogens (tertiary/aromatic N) is 5. The fraction of sp³-hybridized carbons (Fsp3) is 0.654. The van der Waals surface area contributed by atoms with Crippen LogP contribution in [0.25, 0.3) is 0 Å². The van der Waals surface area contributed by atoms with Crippen molar-refractivity contribution in [3.63, 3.8) is 0 Å². The van der Waals surface area contributed by atoms with Crippen molar-refractivity contribution < 1.29 is 72.1 Å².